The quantitative estimate of drug-likeness (QED) is 0.486. The van der Waals surface area contributed by atoms with Gasteiger partial charge in [-0.15, -0.1) is 0 Å². The lowest BCUT2D eigenvalue weighted by atomic mass is 10.0. The zero-order valence-corrected chi connectivity index (χ0v) is 16.9. The van der Waals surface area contributed by atoms with Crippen molar-refractivity contribution in [3.8, 4) is 5.75 Å². The normalized spacial score (nSPS) is 14.6. The predicted molar refractivity (Wildman–Crippen MR) is 108 cm³/mol. The molecular formula is C22H19ClF3NO3. The zero-order valence-electron chi connectivity index (χ0n) is 16.2. The van der Waals surface area contributed by atoms with Gasteiger partial charge >= 0.3 is 11.8 Å². The van der Waals surface area contributed by atoms with Crippen molar-refractivity contribution >= 4 is 22.6 Å². The van der Waals surface area contributed by atoms with Crippen molar-refractivity contribution in [3.63, 3.8) is 0 Å². The van der Waals surface area contributed by atoms with Crippen LogP contribution in [0.15, 0.2) is 45.6 Å². The SMILES string of the molecule is CCCc1cc(=O)oc2c3c(c(Cl)cc12)OCN(Cc1cccc(C(F)(F)F)c1)C3. The highest BCUT2D eigenvalue weighted by Crippen LogP contribution is 2.40. The molecule has 0 radical (unpaired) electrons. The van der Waals surface area contributed by atoms with E-state index < -0.39 is 17.4 Å². The van der Waals surface area contributed by atoms with E-state index in [1.807, 2.05) is 11.8 Å². The molecule has 0 saturated heterocycles. The fourth-order valence-electron chi connectivity index (χ4n) is 3.78. The van der Waals surface area contributed by atoms with E-state index in [9.17, 15) is 18.0 Å². The molecule has 0 atom stereocenters. The van der Waals surface area contributed by atoms with E-state index in [2.05, 4.69) is 0 Å². The molecule has 0 unspecified atom stereocenters. The molecule has 1 aliphatic rings. The molecule has 8 heteroatoms. The first-order valence-electron chi connectivity index (χ1n) is 9.55. The number of rotatable bonds is 4. The van der Waals surface area contributed by atoms with E-state index in [1.54, 1.807) is 12.1 Å². The number of alkyl halides is 3. The molecule has 0 N–H and O–H groups in total. The van der Waals surface area contributed by atoms with E-state index in [-0.39, 0.29) is 13.3 Å². The van der Waals surface area contributed by atoms with Crippen molar-refractivity contribution in [1.29, 1.82) is 0 Å². The molecule has 1 aliphatic heterocycles. The highest BCUT2D eigenvalue weighted by Gasteiger charge is 2.31. The molecule has 0 amide bonds. The maximum absolute atomic E-state index is 13.0. The van der Waals surface area contributed by atoms with Gasteiger partial charge in [-0.25, -0.2) is 4.79 Å². The van der Waals surface area contributed by atoms with Gasteiger partial charge in [0.2, 0.25) is 0 Å². The number of halogens is 4. The van der Waals surface area contributed by atoms with Crippen LogP contribution in [0.3, 0.4) is 0 Å². The average Bonchev–Trinajstić information content (AvgIpc) is 2.69. The Labute approximate surface area is 175 Å². The molecule has 4 nitrogen and oxygen atoms in total. The third-order valence-electron chi connectivity index (χ3n) is 5.07. The minimum Gasteiger partial charge on any atom is -0.476 e. The van der Waals surface area contributed by atoms with Gasteiger partial charge in [0.15, 0.2) is 0 Å². The van der Waals surface area contributed by atoms with Crippen LogP contribution >= 0.6 is 11.6 Å². The van der Waals surface area contributed by atoms with Crippen molar-refractivity contribution in [3.05, 3.63) is 74.1 Å². The summed E-state index contributed by atoms with van der Waals surface area (Å²) in [5.74, 6) is 0.446. The second kappa shape index (κ2) is 7.96. The number of ether oxygens (including phenoxy) is 1. The van der Waals surface area contributed by atoms with Crippen LogP contribution in [-0.2, 0) is 25.7 Å². The lowest BCUT2D eigenvalue weighted by Crippen LogP contribution is -2.32. The van der Waals surface area contributed by atoms with E-state index in [0.29, 0.717) is 40.4 Å². The summed E-state index contributed by atoms with van der Waals surface area (Å²) in [5, 5.41) is 1.17. The van der Waals surface area contributed by atoms with Gasteiger partial charge in [0.1, 0.15) is 18.1 Å². The Morgan fingerprint density at radius 1 is 1.20 bits per heavy atom. The predicted octanol–water partition coefficient (Wildman–Crippen LogP) is 5.77. The summed E-state index contributed by atoms with van der Waals surface area (Å²) in [5.41, 5.74) is 1.26. The number of aryl methyl sites for hydroxylation is 1. The fraction of sp³-hybridized carbons (Fsp3) is 0.318. The number of benzene rings is 2. The molecule has 0 saturated carbocycles. The first kappa shape index (κ1) is 20.8. The molecule has 0 bridgehead atoms. The van der Waals surface area contributed by atoms with Crippen LogP contribution in [0.5, 0.6) is 5.75 Å². The Bertz CT molecular complexity index is 1160. The minimum atomic E-state index is -4.40. The van der Waals surface area contributed by atoms with Crippen LogP contribution in [0, 0.1) is 0 Å². The van der Waals surface area contributed by atoms with E-state index >= 15 is 0 Å². The van der Waals surface area contributed by atoms with Crippen LogP contribution in [-0.4, -0.2) is 11.6 Å². The average molecular weight is 438 g/mol. The van der Waals surface area contributed by atoms with Gasteiger partial charge in [0.25, 0.3) is 0 Å². The molecule has 2 heterocycles. The minimum absolute atomic E-state index is 0.160. The van der Waals surface area contributed by atoms with Gasteiger partial charge < -0.3 is 9.15 Å². The Hall–Kier alpha value is -2.51. The Balaban J connectivity index is 1.70. The maximum Gasteiger partial charge on any atom is 0.416 e. The van der Waals surface area contributed by atoms with Crippen LogP contribution < -0.4 is 10.4 Å². The second-order valence-electron chi connectivity index (χ2n) is 7.34. The molecule has 30 heavy (non-hydrogen) atoms. The lowest BCUT2D eigenvalue weighted by molar-refractivity contribution is -0.137. The lowest BCUT2D eigenvalue weighted by Gasteiger charge is -2.30. The Morgan fingerprint density at radius 3 is 2.73 bits per heavy atom. The van der Waals surface area contributed by atoms with Crippen molar-refractivity contribution in [2.24, 2.45) is 0 Å². The largest absolute Gasteiger partial charge is 0.476 e. The topological polar surface area (TPSA) is 42.7 Å². The standard InChI is InChI=1S/C22H19ClF3NO3/c1-2-4-14-8-19(28)30-20-16(14)9-18(23)21-17(20)11-27(12-29-21)10-13-5-3-6-15(7-13)22(24,25)26/h3,5-9H,2,4,10-12H2,1H3. The highest BCUT2D eigenvalue weighted by molar-refractivity contribution is 6.33. The van der Waals surface area contributed by atoms with E-state index in [1.165, 1.54) is 12.1 Å². The highest BCUT2D eigenvalue weighted by atomic mass is 35.5. The summed E-state index contributed by atoms with van der Waals surface area (Å²) < 4.78 is 50.3. The zero-order chi connectivity index (χ0) is 21.5. The molecule has 3 aromatic rings. The molecular weight excluding hydrogens is 419 g/mol. The van der Waals surface area contributed by atoms with Gasteiger partial charge in [-0.1, -0.05) is 43.1 Å². The summed E-state index contributed by atoms with van der Waals surface area (Å²) in [6.45, 7) is 2.76. The number of nitrogens with zero attached hydrogens (tertiary/aromatic N) is 1. The van der Waals surface area contributed by atoms with Crippen LogP contribution in [0.2, 0.25) is 5.02 Å². The van der Waals surface area contributed by atoms with Gasteiger partial charge in [-0.2, -0.15) is 13.2 Å². The molecule has 1 aromatic heterocycles. The molecule has 0 fully saturated rings. The Morgan fingerprint density at radius 2 is 2.00 bits per heavy atom. The first-order chi connectivity index (χ1) is 14.3. The first-order valence-corrected chi connectivity index (χ1v) is 9.93. The number of hydrogen-bond acceptors (Lipinski definition) is 4. The van der Waals surface area contributed by atoms with Crippen molar-refractivity contribution < 1.29 is 22.3 Å². The van der Waals surface area contributed by atoms with Crippen molar-refractivity contribution in [2.75, 3.05) is 6.73 Å². The van der Waals surface area contributed by atoms with E-state index in [0.717, 1.165) is 29.5 Å². The smallest absolute Gasteiger partial charge is 0.416 e. The maximum atomic E-state index is 13.0. The summed E-state index contributed by atoms with van der Waals surface area (Å²) in [4.78, 5) is 13.9. The van der Waals surface area contributed by atoms with Gasteiger partial charge in [0, 0.05) is 24.5 Å². The van der Waals surface area contributed by atoms with Crippen molar-refractivity contribution in [1.82, 2.24) is 4.90 Å². The molecule has 2 aromatic carbocycles. The number of hydrogen-bond donors (Lipinski definition) is 0. The van der Waals surface area contributed by atoms with Gasteiger partial charge in [-0.3, -0.25) is 4.90 Å². The molecule has 0 aliphatic carbocycles. The summed E-state index contributed by atoms with van der Waals surface area (Å²) >= 11 is 6.42. The summed E-state index contributed by atoms with van der Waals surface area (Å²) in [6, 6.07) is 8.41. The third kappa shape index (κ3) is 4.04. The summed E-state index contributed by atoms with van der Waals surface area (Å²) in [7, 11) is 0. The summed E-state index contributed by atoms with van der Waals surface area (Å²) in [6.07, 6.45) is -2.85. The van der Waals surface area contributed by atoms with Crippen LogP contribution in [0.25, 0.3) is 11.0 Å². The van der Waals surface area contributed by atoms with E-state index in [4.69, 9.17) is 20.8 Å². The molecule has 4 rings (SSSR count). The van der Waals surface area contributed by atoms with Crippen LogP contribution in [0.4, 0.5) is 13.2 Å². The van der Waals surface area contributed by atoms with Gasteiger partial charge in [0.05, 0.1) is 16.1 Å². The molecule has 0 spiro atoms. The second-order valence-corrected chi connectivity index (χ2v) is 7.75. The fourth-order valence-corrected chi connectivity index (χ4v) is 4.06. The Kier molecular flexibility index (Phi) is 5.51. The van der Waals surface area contributed by atoms with Gasteiger partial charge in [-0.05, 0) is 29.7 Å². The molecule has 158 valence electrons. The van der Waals surface area contributed by atoms with Crippen LogP contribution in [0.1, 0.15) is 35.6 Å². The monoisotopic (exact) mass is 437 g/mol. The third-order valence-corrected chi connectivity index (χ3v) is 5.36. The number of fused-ring (bicyclic) bond motifs is 3. The van der Waals surface area contributed by atoms with Crippen molar-refractivity contribution in [2.45, 2.75) is 39.0 Å².